The largest absolute Gasteiger partial charge is 0.507 e. The molecule has 0 saturated carbocycles. The molecule has 1 N–H and O–H groups in total. The van der Waals surface area contributed by atoms with Crippen LogP contribution in [0.5, 0.6) is 5.75 Å². The molecular formula is C17H13BrFNO. The van der Waals surface area contributed by atoms with Crippen LogP contribution in [0.1, 0.15) is 16.8 Å². The summed E-state index contributed by atoms with van der Waals surface area (Å²) in [6.07, 6.45) is 0.460. The van der Waals surface area contributed by atoms with Crippen molar-refractivity contribution >= 4 is 26.8 Å². The highest BCUT2D eigenvalue weighted by molar-refractivity contribution is 9.10. The fourth-order valence-electron chi connectivity index (χ4n) is 2.40. The molecule has 0 spiro atoms. The number of hydrogen-bond acceptors (Lipinski definition) is 2. The molecule has 0 atom stereocenters. The highest BCUT2D eigenvalue weighted by Gasteiger charge is 2.15. The Morgan fingerprint density at radius 1 is 1.10 bits per heavy atom. The van der Waals surface area contributed by atoms with Crippen LogP contribution in [0.2, 0.25) is 0 Å². The van der Waals surface area contributed by atoms with E-state index < -0.39 is 6.67 Å². The third-order valence-electron chi connectivity index (χ3n) is 3.45. The number of aromatic hydroxyl groups is 1. The molecule has 0 fully saturated rings. The first-order chi connectivity index (χ1) is 10.2. The summed E-state index contributed by atoms with van der Waals surface area (Å²) in [7, 11) is 0. The number of hydrogen-bond donors (Lipinski definition) is 1. The summed E-state index contributed by atoms with van der Waals surface area (Å²) in [5.41, 5.74) is 2.46. The monoisotopic (exact) mass is 345 g/mol. The van der Waals surface area contributed by atoms with Gasteiger partial charge >= 0.3 is 0 Å². The van der Waals surface area contributed by atoms with Gasteiger partial charge in [0.05, 0.1) is 11.2 Å². The van der Waals surface area contributed by atoms with E-state index in [1.165, 1.54) is 0 Å². The molecular weight excluding hydrogens is 333 g/mol. The van der Waals surface area contributed by atoms with Crippen LogP contribution in [0, 0.1) is 0 Å². The third kappa shape index (κ3) is 2.76. The van der Waals surface area contributed by atoms with E-state index in [9.17, 15) is 9.50 Å². The van der Waals surface area contributed by atoms with Gasteiger partial charge in [0.15, 0.2) is 0 Å². The van der Waals surface area contributed by atoms with Gasteiger partial charge in [-0.25, -0.2) is 9.37 Å². The van der Waals surface area contributed by atoms with E-state index in [0.29, 0.717) is 28.6 Å². The zero-order valence-corrected chi connectivity index (χ0v) is 12.8. The van der Waals surface area contributed by atoms with Gasteiger partial charge in [-0.2, -0.15) is 0 Å². The Labute approximate surface area is 130 Å². The zero-order chi connectivity index (χ0) is 14.8. The van der Waals surface area contributed by atoms with E-state index >= 15 is 0 Å². The summed E-state index contributed by atoms with van der Waals surface area (Å²) in [6, 6.07) is 15.1. The lowest BCUT2D eigenvalue weighted by atomic mass is 10.0. The van der Waals surface area contributed by atoms with E-state index in [0.717, 1.165) is 10.0 Å². The first-order valence-electron chi connectivity index (χ1n) is 6.59. The van der Waals surface area contributed by atoms with Gasteiger partial charge in [-0.15, -0.1) is 0 Å². The van der Waals surface area contributed by atoms with E-state index in [-0.39, 0.29) is 5.75 Å². The molecule has 0 radical (unpaired) electrons. The molecule has 2 nitrogen and oxygen atoms in total. The maximum Gasteiger partial charge on any atom is 0.132 e. The minimum atomic E-state index is -0.693. The van der Waals surface area contributed by atoms with Crippen molar-refractivity contribution in [2.45, 2.75) is 13.1 Å². The second-order valence-corrected chi connectivity index (χ2v) is 5.76. The Morgan fingerprint density at radius 3 is 2.57 bits per heavy atom. The van der Waals surface area contributed by atoms with Crippen molar-refractivity contribution in [2.75, 3.05) is 0 Å². The molecule has 0 bridgehead atoms. The van der Waals surface area contributed by atoms with Gasteiger partial charge in [0.1, 0.15) is 12.4 Å². The third-order valence-corrected chi connectivity index (χ3v) is 3.95. The van der Waals surface area contributed by atoms with Crippen molar-refractivity contribution in [1.29, 1.82) is 0 Å². The first-order valence-corrected chi connectivity index (χ1v) is 7.38. The molecule has 21 heavy (non-hydrogen) atoms. The van der Waals surface area contributed by atoms with Gasteiger partial charge in [0.25, 0.3) is 0 Å². The van der Waals surface area contributed by atoms with Crippen LogP contribution in [0.25, 0.3) is 10.9 Å². The number of fused-ring (bicyclic) bond motifs is 1. The van der Waals surface area contributed by atoms with Gasteiger partial charge in [0.2, 0.25) is 0 Å². The van der Waals surface area contributed by atoms with Crippen LogP contribution in [-0.4, -0.2) is 10.1 Å². The molecule has 1 aromatic heterocycles. The van der Waals surface area contributed by atoms with Gasteiger partial charge in [-0.3, -0.25) is 0 Å². The minimum absolute atomic E-state index is 0.109. The average Bonchev–Trinajstić information content (AvgIpc) is 2.51. The molecule has 4 heteroatoms. The molecule has 2 aromatic carbocycles. The standard InChI is InChI=1S/C17H13BrFNO/c18-12-6-7-15-14(9-12)17(21)13(16(10-19)20-15)8-11-4-2-1-3-5-11/h1-7,9H,8,10H2,(H,20,21). The summed E-state index contributed by atoms with van der Waals surface area (Å²) in [5.74, 6) is 0.109. The molecule has 0 aliphatic heterocycles. The lowest BCUT2D eigenvalue weighted by molar-refractivity contribution is 0.454. The minimum Gasteiger partial charge on any atom is -0.507 e. The first kappa shape index (κ1) is 14.0. The number of pyridine rings is 1. The molecule has 0 amide bonds. The Balaban J connectivity index is 2.18. The van der Waals surface area contributed by atoms with Crippen molar-refractivity contribution < 1.29 is 9.50 Å². The topological polar surface area (TPSA) is 33.1 Å². The summed E-state index contributed by atoms with van der Waals surface area (Å²) in [5, 5.41) is 11.2. The highest BCUT2D eigenvalue weighted by Crippen LogP contribution is 2.33. The maximum absolute atomic E-state index is 13.3. The Kier molecular flexibility index (Phi) is 3.88. The van der Waals surface area contributed by atoms with E-state index in [2.05, 4.69) is 20.9 Å². The Hall–Kier alpha value is -1.94. The molecule has 3 rings (SSSR count). The normalized spacial score (nSPS) is 11.0. The predicted molar refractivity (Wildman–Crippen MR) is 85.2 cm³/mol. The number of halogens is 2. The fraction of sp³-hybridized carbons (Fsp3) is 0.118. The lowest BCUT2D eigenvalue weighted by Crippen LogP contribution is -1.99. The quantitative estimate of drug-likeness (QED) is 0.742. The Bertz CT molecular complexity index is 790. The average molecular weight is 346 g/mol. The lowest BCUT2D eigenvalue weighted by Gasteiger charge is -2.12. The van der Waals surface area contributed by atoms with Crippen LogP contribution < -0.4 is 0 Å². The second kappa shape index (κ2) is 5.82. The molecule has 0 aliphatic carbocycles. The summed E-state index contributed by atoms with van der Waals surface area (Å²) in [6.45, 7) is -0.693. The van der Waals surface area contributed by atoms with E-state index in [1.54, 1.807) is 12.1 Å². The Morgan fingerprint density at radius 2 is 1.86 bits per heavy atom. The molecule has 3 aromatic rings. The van der Waals surface area contributed by atoms with Crippen LogP contribution in [0.15, 0.2) is 53.0 Å². The van der Waals surface area contributed by atoms with Crippen molar-refractivity contribution in [1.82, 2.24) is 4.98 Å². The second-order valence-electron chi connectivity index (χ2n) is 4.84. The number of rotatable bonds is 3. The van der Waals surface area contributed by atoms with Crippen LogP contribution >= 0.6 is 15.9 Å². The van der Waals surface area contributed by atoms with E-state index in [4.69, 9.17) is 0 Å². The van der Waals surface area contributed by atoms with Crippen LogP contribution in [0.4, 0.5) is 4.39 Å². The smallest absolute Gasteiger partial charge is 0.132 e. The van der Waals surface area contributed by atoms with Gasteiger partial charge in [-0.05, 0) is 23.8 Å². The number of aromatic nitrogens is 1. The van der Waals surface area contributed by atoms with E-state index in [1.807, 2.05) is 36.4 Å². The molecule has 0 saturated heterocycles. The van der Waals surface area contributed by atoms with Crippen LogP contribution in [-0.2, 0) is 13.1 Å². The van der Waals surface area contributed by atoms with Crippen molar-refractivity contribution in [2.24, 2.45) is 0 Å². The molecule has 0 aliphatic rings. The summed E-state index contributed by atoms with van der Waals surface area (Å²) < 4.78 is 14.1. The zero-order valence-electron chi connectivity index (χ0n) is 11.2. The predicted octanol–water partition coefficient (Wildman–Crippen LogP) is 4.76. The highest BCUT2D eigenvalue weighted by atomic mass is 79.9. The molecule has 0 unspecified atom stereocenters. The summed E-state index contributed by atoms with van der Waals surface area (Å²) in [4.78, 5) is 4.34. The van der Waals surface area contributed by atoms with Gasteiger partial charge in [0, 0.05) is 21.8 Å². The van der Waals surface area contributed by atoms with Gasteiger partial charge < -0.3 is 5.11 Å². The summed E-state index contributed by atoms with van der Waals surface area (Å²) >= 11 is 3.38. The van der Waals surface area contributed by atoms with Gasteiger partial charge in [-0.1, -0.05) is 46.3 Å². The number of alkyl halides is 1. The van der Waals surface area contributed by atoms with Crippen LogP contribution in [0.3, 0.4) is 0 Å². The van der Waals surface area contributed by atoms with Crippen molar-refractivity contribution in [3.8, 4) is 5.75 Å². The molecule has 106 valence electrons. The van der Waals surface area contributed by atoms with Crippen molar-refractivity contribution in [3.63, 3.8) is 0 Å². The number of nitrogens with zero attached hydrogens (tertiary/aromatic N) is 1. The number of benzene rings is 2. The fourth-order valence-corrected chi connectivity index (χ4v) is 2.76. The van der Waals surface area contributed by atoms with Crippen molar-refractivity contribution in [3.05, 3.63) is 69.8 Å². The SMILES string of the molecule is Oc1c(Cc2ccccc2)c(CF)nc2ccc(Br)cc12. The molecule has 1 heterocycles. The maximum atomic E-state index is 13.3.